The summed E-state index contributed by atoms with van der Waals surface area (Å²) < 4.78 is 13.3. The average Bonchev–Trinajstić information content (AvgIpc) is 2.22. The first kappa shape index (κ1) is 13.0. The zero-order valence-electron chi connectivity index (χ0n) is 9.39. The van der Waals surface area contributed by atoms with Gasteiger partial charge in [0.1, 0.15) is 5.82 Å². The highest BCUT2D eigenvalue weighted by Gasteiger charge is 2.10. The van der Waals surface area contributed by atoms with Gasteiger partial charge in [-0.15, -0.1) is 11.6 Å². The Morgan fingerprint density at radius 3 is 2.81 bits per heavy atom. The van der Waals surface area contributed by atoms with Crippen molar-refractivity contribution >= 4 is 17.5 Å². The SMILES string of the molecule is Cc1ccc(C(C)NC(=O)CCCl)cc1F. The van der Waals surface area contributed by atoms with Crippen LogP contribution in [0.3, 0.4) is 0 Å². The highest BCUT2D eigenvalue weighted by molar-refractivity contribution is 6.18. The number of alkyl halides is 1. The molecule has 0 aromatic heterocycles. The summed E-state index contributed by atoms with van der Waals surface area (Å²) in [6, 6.07) is 4.76. The van der Waals surface area contributed by atoms with Gasteiger partial charge in [-0.25, -0.2) is 4.39 Å². The number of nitrogens with one attached hydrogen (secondary N) is 1. The van der Waals surface area contributed by atoms with Gasteiger partial charge in [0, 0.05) is 12.3 Å². The topological polar surface area (TPSA) is 29.1 Å². The number of carbonyl (C=O) groups is 1. The lowest BCUT2D eigenvalue weighted by Crippen LogP contribution is -2.26. The number of aryl methyl sites for hydroxylation is 1. The van der Waals surface area contributed by atoms with Gasteiger partial charge in [-0.05, 0) is 31.0 Å². The molecule has 2 nitrogen and oxygen atoms in total. The predicted molar refractivity (Wildman–Crippen MR) is 63.0 cm³/mol. The van der Waals surface area contributed by atoms with Crippen molar-refractivity contribution in [2.45, 2.75) is 26.3 Å². The lowest BCUT2D eigenvalue weighted by atomic mass is 10.1. The van der Waals surface area contributed by atoms with E-state index in [0.717, 1.165) is 5.56 Å². The molecule has 4 heteroatoms. The van der Waals surface area contributed by atoms with Gasteiger partial charge in [0.15, 0.2) is 0 Å². The zero-order valence-corrected chi connectivity index (χ0v) is 10.1. The van der Waals surface area contributed by atoms with Crippen molar-refractivity contribution < 1.29 is 9.18 Å². The molecule has 1 unspecified atom stereocenters. The van der Waals surface area contributed by atoms with Crippen LogP contribution in [0, 0.1) is 12.7 Å². The van der Waals surface area contributed by atoms with E-state index in [0.29, 0.717) is 11.4 Å². The first-order chi connectivity index (χ1) is 7.54. The standard InChI is InChI=1S/C12H15ClFNO/c1-8-3-4-10(7-11(8)14)9(2)15-12(16)5-6-13/h3-4,7,9H,5-6H2,1-2H3,(H,15,16). The van der Waals surface area contributed by atoms with E-state index in [9.17, 15) is 9.18 Å². The average molecular weight is 244 g/mol. The van der Waals surface area contributed by atoms with Gasteiger partial charge in [-0.1, -0.05) is 12.1 Å². The van der Waals surface area contributed by atoms with E-state index in [1.165, 1.54) is 6.07 Å². The molecule has 16 heavy (non-hydrogen) atoms. The maximum atomic E-state index is 13.3. The van der Waals surface area contributed by atoms with Gasteiger partial charge < -0.3 is 5.32 Å². The molecule has 1 atom stereocenters. The van der Waals surface area contributed by atoms with Crippen LogP contribution in [0.15, 0.2) is 18.2 Å². The Bertz CT molecular complexity index is 381. The van der Waals surface area contributed by atoms with E-state index in [4.69, 9.17) is 11.6 Å². The van der Waals surface area contributed by atoms with Crippen LogP contribution in [0.25, 0.3) is 0 Å². The fraction of sp³-hybridized carbons (Fsp3) is 0.417. The van der Waals surface area contributed by atoms with Crippen LogP contribution in [0.1, 0.15) is 30.5 Å². The molecule has 0 spiro atoms. The molecule has 0 aliphatic carbocycles. The number of amides is 1. The minimum Gasteiger partial charge on any atom is -0.350 e. The molecule has 0 saturated heterocycles. The summed E-state index contributed by atoms with van der Waals surface area (Å²) in [5, 5.41) is 2.75. The fourth-order valence-corrected chi connectivity index (χ4v) is 1.53. The van der Waals surface area contributed by atoms with Gasteiger partial charge in [-0.3, -0.25) is 4.79 Å². The van der Waals surface area contributed by atoms with Crippen LogP contribution in [0.2, 0.25) is 0 Å². The molecule has 0 radical (unpaired) electrons. The van der Waals surface area contributed by atoms with E-state index in [1.54, 1.807) is 13.0 Å². The summed E-state index contributed by atoms with van der Waals surface area (Å²) >= 11 is 5.45. The smallest absolute Gasteiger partial charge is 0.221 e. The normalized spacial score (nSPS) is 12.2. The maximum absolute atomic E-state index is 13.3. The van der Waals surface area contributed by atoms with Gasteiger partial charge in [-0.2, -0.15) is 0 Å². The van der Waals surface area contributed by atoms with Crippen LogP contribution in [-0.2, 0) is 4.79 Å². The first-order valence-electron chi connectivity index (χ1n) is 5.16. The summed E-state index contributed by atoms with van der Waals surface area (Å²) in [4.78, 5) is 11.3. The molecule has 0 heterocycles. The predicted octanol–water partition coefficient (Wildman–Crippen LogP) is 2.94. The molecule has 0 saturated carbocycles. The molecule has 1 aromatic carbocycles. The molecule has 1 N–H and O–H groups in total. The summed E-state index contributed by atoms with van der Waals surface area (Å²) in [5.74, 6) is -0.0831. The number of carbonyl (C=O) groups excluding carboxylic acids is 1. The number of hydrogen-bond donors (Lipinski definition) is 1. The maximum Gasteiger partial charge on any atom is 0.221 e. The monoisotopic (exact) mass is 243 g/mol. The summed E-state index contributed by atoms with van der Waals surface area (Å²) in [5.41, 5.74) is 1.36. The Morgan fingerprint density at radius 2 is 2.25 bits per heavy atom. The van der Waals surface area contributed by atoms with E-state index >= 15 is 0 Å². The van der Waals surface area contributed by atoms with Gasteiger partial charge in [0.25, 0.3) is 0 Å². The Balaban J connectivity index is 2.69. The van der Waals surface area contributed by atoms with Crippen LogP contribution < -0.4 is 5.32 Å². The minimum absolute atomic E-state index is 0.122. The molecule has 1 aromatic rings. The van der Waals surface area contributed by atoms with Crippen molar-refractivity contribution in [3.8, 4) is 0 Å². The van der Waals surface area contributed by atoms with Crippen molar-refractivity contribution in [2.75, 3.05) is 5.88 Å². The molecule has 0 aliphatic heterocycles. The van der Waals surface area contributed by atoms with Crippen LogP contribution >= 0.6 is 11.6 Å². The Labute approximate surface area is 99.8 Å². The third-order valence-electron chi connectivity index (χ3n) is 2.39. The second-order valence-electron chi connectivity index (χ2n) is 3.74. The van der Waals surface area contributed by atoms with Crippen molar-refractivity contribution in [1.29, 1.82) is 0 Å². The van der Waals surface area contributed by atoms with E-state index in [2.05, 4.69) is 5.32 Å². The third kappa shape index (κ3) is 3.49. The third-order valence-corrected chi connectivity index (χ3v) is 2.58. The fourth-order valence-electron chi connectivity index (χ4n) is 1.36. The molecule has 1 rings (SSSR count). The Hall–Kier alpha value is -1.09. The van der Waals surface area contributed by atoms with E-state index in [-0.39, 0.29) is 24.2 Å². The molecule has 0 fully saturated rings. The van der Waals surface area contributed by atoms with Gasteiger partial charge in [0.2, 0.25) is 5.91 Å². The Kier molecular flexibility index (Phi) is 4.74. The molecular weight excluding hydrogens is 229 g/mol. The highest BCUT2D eigenvalue weighted by atomic mass is 35.5. The minimum atomic E-state index is -0.254. The van der Waals surface area contributed by atoms with Crippen molar-refractivity contribution in [3.05, 3.63) is 35.1 Å². The molecule has 88 valence electrons. The lowest BCUT2D eigenvalue weighted by Gasteiger charge is -2.14. The number of hydrogen-bond acceptors (Lipinski definition) is 1. The van der Waals surface area contributed by atoms with Crippen LogP contribution in [-0.4, -0.2) is 11.8 Å². The molecule has 1 amide bonds. The summed E-state index contributed by atoms with van der Waals surface area (Å²) in [6.45, 7) is 3.52. The second-order valence-corrected chi connectivity index (χ2v) is 4.11. The van der Waals surface area contributed by atoms with Gasteiger partial charge >= 0.3 is 0 Å². The van der Waals surface area contributed by atoms with Crippen molar-refractivity contribution in [1.82, 2.24) is 5.32 Å². The molecular formula is C12H15ClFNO. The Morgan fingerprint density at radius 1 is 1.56 bits per heavy atom. The first-order valence-corrected chi connectivity index (χ1v) is 5.69. The highest BCUT2D eigenvalue weighted by Crippen LogP contribution is 2.16. The second kappa shape index (κ2) is 5.85. The zero-order chi connectivity index (χ0) is 12.1. The van der Waals surface area contributed by atoms with Crippen molar-refractivity contribution in [3.63, 3.8) is 0 Å². The molecule has 0 bridgehead atoms. The van der Waals surface area contributed by atoms with Crippen LogP contribution in [0.5, 0.6) is 0 Å². The van der Waals surface area contributed by atoms with Gasteiger partial charge in [0.05, 0.1) is 6.04 Å². The largest absolute Gasteiger partial charge is 0.350 e. The van der Waals surface area contributed by atoms with Crippen molar-refractivity contribution in [2.24, 2.45) is 0 Å². The lowest BCUT2D eigenvalue weighted by molar-refractivity contribution is -0.121. The summed E-state index contributed by atoms with van der Waals surface area (Å²) in [6.07, 6.45) is 0.278. The number of rotatable bonds is 4. The van der Waals surface area contributed by atoms with E-state index in [1.807, 2.05) is 13.0 Å². The quantitative estimate of drug-likeness (QED) is 0.810. The molecule has 0 aliphatic rings. The van der Waals surface area contributed by atoms with Crippen LogP contribution in [0.4, 0.5) is 4.39 Å². The number of halogens is 2. The number of benzene rings is 1. The van der Waals surface area contributed by atoms with E-state index < -0.39 is 0 Å². The summed E-state index contributed by atoms with van der Waals surface area (Å²) in [7, 11) is 0.